The van der Waals surface area contributed by atoms with Gasteiger partial charge in [-0.3, -0.25) is 0 Å². The van der Waals surface area contributed by atoms with E-state index in [4.69, 9.17) is 0 Å². The molecule has 0 aliphatic carbocycles. The maximum Gasteiger partial charge on any atom is 1.00 e. The molecule has 14 nitrogen and oxygen atoms in total. The van der Waals surface area contributed by atoms with Crippen LogP contribution in [0.25, 0.3) is 34.7 Å². The first-order chi connectivity index (χ1) is 26.1. The number of carbonyl (C=O) groups excluding carboxylic acids is 1. The number of rotatable bonds is 16. The van der Waals surface area contributed by atoms with Crippen molar-refractivity contribution in [1.82, 2.24) is 19.9 Å². The third-order valence-electron chi connectivity index (χ3n) is 8.51. The van der Waals surface area contributed by atoms with Crippen molar-refractivity contribution in [2.45, 2.75) is 64.6 Å². The summed E-state index contributed by atoms with van der Waals surface area (Å²) in [6.07, 6.45) is 1.36. The van der Waals surface area contributed by atoms with Crippen molar-refractivity contribution in [2.24, 2.45) is 0 Å². The molecule has 0 amide bonds. The van der Waals surface area contributed by atoms with Gasteiger partial charge < -0.3 is 20.1 Å². The Morgan fingerprint density at radius 2 is 1.18 bits per heavy atom. The van der Waals surface area contributed by atoms with Gasteiger partial charge in [-0.05, 0) is 66.4 Å². The van der Waals surface area contributed by atoms with Gasteiger partial charge in [0.1, 0.15) is 11.6 Å². The predicted molar refractivity (Wildman–Crippen MR) is 208 cm³/mol. The number of sulfonamides is 2. The zero-order valence-electron chi connectivity index (χ0n) is 32.8. The Hall–Kier alpha value is -4.17. The Kier molecular flexibility index (Phi) is 16.2. The van der Waals surface area contributed by atoms with Crippen LogP contribution in [0.5, 0.6) is 0 Å². The molecule has 2 atom stereocenters. The molecule has 0 aliphatic heterocycles. The molecule has 0 aliphatic rings. The van der Waals surface area contributed by atoms with Crippen LogP contribution in [0.2, 0.25) is 0 Å². The van der Waals surface area contributed by atoms with E-state index in [1.807, 2.05) is 0 Å². The van der Waals surface area contributed by atoms with Crippen LogP contribution in [-0.4, -0.2) is 85.5 Å². The summed E-state index contributed by atoms with van der Waals surface area (Å²) < 4.78 is 82.7. The summed E-state index contributed by atoms with van der Waals surface area (Å²) in [6, 6.07) is 10.5. The normalized spacial score (nSPS) is 13.3. The molecule has 300 valence electrons. The van der Waals surface area contributed by atoms with E-state index in [2.05, 4.69) is 19.9 Å². The third kappa shape index (κ3) is 12.2. The zero-order chi connectivity index (χ0) is 41.7. The summed E-state index contributed by atoms with van der Waals surface area (Å²) in [6.45, 7) is 7.15. The number of hydrogen-bond acceptors (Lipinski definition) is 12. The van der Waals surface area contributed by atoms with E-state index in [1.54, 1.807) is 27.7 Å². The minimum Gasteiger partial charge on any atom is -0.550 e. The molecule has 0 fully saturated rings. The first-order valence-electron chi connectivity index (χ1n) is 17.3. The summed E-state index contributed by atoms with van der Waals surface area (Å²) in [5, 5.41) is 32.3. The molecular formula is C38H43F2N6NaO8S2. The van der Waals surface area contributed by atoms with Gasteiger partial charge in [0.15, 0.2) is 0 Å². The van der Waals surface area contributed by atoms with Crippen LogP contribution in [0, 0.1) is 11.6 Å². The summed E-state index contributed by atoms with van der Waals surface area (Å²) in [5.74, 6) is -3.70. The number of aliphatic hydroxyl groups excluding tert-OH is 2. The van der Waals surface area contributed by atoms with E-state index in [-0.39, 0.29) is 76.7 Å². The molecule has 0 bridgehead atoms. The quantitative estimate of drug-likeness (QED) is 0.153. The molecule has 0 radical (unpaired) electrons. The summed E-state index contributed by atoms with van der Waals surface area (Å²) >= 11 is 0. The zero-order valence-corrected chi connectivity index (χ0v) is 36.4. The van der Waals surface area contributed by atoms with Crippen LogP contribution in [0.1, 0.15) is 74.9 Å². The fourth-order valence-electron chi connectivity index (χ4n) is 5.44. The molecule has 2 aromatic carbocycles. The monoisotopic (exact) mass is 836 g/mol. The van der Waals surface area contributed by atoms with Gasteiger partial charge in [0.05, 0.1) is 46.6 Å². The van der Waals surface area contributed by atoms with Gasteiger partial charge in [-0.25, -0.2) is 54.2 Å². The first kappa shape index (κ1) is 47.2. The number of halogens is 2. The average Bonchev–Trinajstić information content (AvgIpc) is 3.11. The Morgan fingerprint density at radius 3 is 1.58 bits per heavy atom. The summed E-state index contributed by atoms with van der Waals surface area (Å²) in [5.41, 5.74) is 2.31. The predicted octanol–water partition coefficient (Wildman–Crippen LogP) is 1.23. The second-order valence-electron chi connectivity index (χ2n) is 13.6. The number of aromatic nitrogens is 4. The molecule has 57 heavy (non-hydrogen) atoms. The Balaban J connectivity index is 0.00000870. The molecule has 0 saturated carbocycles. The smallest absolute Gasteiger partial charge is 0.550 e. The van der Waals surface area contributed by atoms with Crippen LogP contribution in [-0.2, 0) is 24.8 Å². The van der Waals surface area contributed by atoms with Crippen molar-refractivity contribution in [3.05, 3.63) is 94.2 Å². The second kappa shape index (κ2) is 19.5. The number of carbonyl (C=O) groups is 1. The van der Waals surface area contributed by atoms with Crippen LogP contribution in [0.15, 0.2) is 60.0 Å². The topological polar surface area (TPSA) is 207 Å². The molecule has 2 aromatic heterocycles. The van der Waals surface area contributed by atoms with Gasteiger partial charge >= 0.3 is 29.6 Å². The minimum atomic E-state index is -4.41. The molecule has 2 heterocycles. The van der Waals surface area contributed by atoms with Crippen LogP contribution in [0.4, 0.5) is 20.7 Å². The van der Waals surface area contributed by atoms with Gasteiger partial charge in [-0.2, -0.15) is 0 Å². The molecule has 2 N–H and O–H groups in total. The van der Waals surface area contributed by atoms with Gasteiger partial charge in [0.2, 0.25) is 21.9 Å². The SMILES string of the molecule is CC(C)c1nc(N(C)S(C)(=O)=O)nc(-c2ccc(F)cc2)c1/C=C/S(=O)(=O)N(C)c1nc(-c2ccc(F)cc2)c(/C=C/[C@@H](O)C[C@@H](O)CC(=O)[O-])c(C(C)C)n1.[Na+]. The fraction of sp³-hybridized carbons (Fsp3) is 0.342. The minimum absolute atomic E-state index is 0. The van der Waals surface area contributed by atoms with E-state index in [9.17, 15) is 45.7 Å². The van der Waals surface area contributed by atoms with E-state index < -0.39 is 56.3 Å². The van der Waals surface area contributed by atoms with Crippen molar-refractivity contribution >= 4 is 50.1 Å². The van der Waals surface area contributed by atoms with E-state index in [1.165, 1.54) is 80.9 Å². The van der Waals surface area contributed by atoms with Gasteiger partial charge in [-0.1, -0.05) is 39.8 Å². The third-order valence-corrected chi connectivity index (χ3v) is 11.1. The fourth-order valence-corrected chi connectivity index (χ4v) is 6.62. The first-order valence-corrected chi connectivity index (χ1v) is 20.6. The number of carboxylic acid groups (broad SMARTS) is 1. The van der Waals surface area contributed by atoms with Crippen molar-refractivity contribution < 1.29 is 75.3 Å². The van der Waals surface area contributed by atoms with E-state index in [0.29, 0.717) is 28.1 Å². The molecule has 4 rings (SSSR count). The molecule has 19 heteroatoms. The molecule has 0 unspecified atom stereocenters. The molecular weight excluding hydrogens is 794 g/mol. The largest absolute Gasteiger partial charge is 1.00 e. The van der Waals surface area contributed by atoms with Crippen molar-refractivity contribution in [1.29, 1.82) is 0 Å². The Morgan fingerprint density at radius 1 is 0.754 bits per heavy atom. The number of anilines is 2. The Bertz CT molecular complexity index is 2350. The Labute approximate surface area is 353 Å². The molecule has 0 saturated heterocycles. The number of benzene rings is 2. The standard InChI is InChI=1S/C38H44F2N6O8S2.Na/c1-22(2)33-30(17-16-28(47)20-29(48)21-32(49)50)35(24-8-12-26(39)13-9-24)44-38(42-33)46(6)56(53,54)19-18-31-34(23(3)4)41-37(45(5)55(7,51)52)43-36(31)25-10-14-27(40)15-11-25;/h8-19,22-23,28-29,47-48H,20-21H2,1-7H3,(H,49,50);/q;+1/p-1/b17-16+,19-18+;/t28-,29-;/m1./s1. The van der Waals surface area contributed by atoms with E-state index >= 15 is 0 Å². The number of nitrogens with zero attached hydrogens (tertiary/aromatic N) is 6. The second-order valence-corrected chi connectivity index (χ2v) is 17.5. The van der Waals surface area contributed by atoms with Crippen molar-refractivity contribution in [2.75, 3.05) is 29.0 Å². The number of aliphatic hydroxyl groups is 2. The molecule has 0 spiro atoms. The van der Waals surface area contributed by atoms with Gasteiger partial charge in [0, 0.05) is 55.2 Å². The van der Waals surface area contributed by atoms with Crippen LogP contribution >= 0.6 is 0 Å². The summed E-state index contributed by atoms with van der Waals surface area (Å²) in [7, 11) is -5.71. The van der Waals surface area contributed by atoms with Crippen molar-refractivity contribution in [3.63, 3.8) is 0 Å². The van der Waals surface area contributed by atoms with E-state index in [0.717, 1.165) is 20.3 Å². The van der Waals surface area contributed by atoms with Crippen molar-refractivity contribution in [3.8, 4) is 22.5 Å². The number of carboxylic acids is 1. The molecule has 4 aromatic rings. The van der Waals surface area contributed by atoms with Gasteiger partial charge in [-0.15, -0.1) is 0 Å². The maximum absolute atomic E-state index is 14.1. The maximum atomic E-state index is 14.1. The van der Waals surface area contributed by atoms with Gasteiger partial charge in [0.25, 0.3) is 10.0 Å². The summed E-state index contributed by atoms with van der Waals surface area (Å²) in [4.78, 5) is 29.0. The number of hydrogen-bond donors (Lipinski definition) is 2. The van der Waals surface area contributed by atoms with Crippen LogP contribution in [0.3, 0.4) is 0 Å². The number of aliphatic carboxylic acids is 1. The van der Waals surface area contributed by atoms with Crippen LogP contribution < -0.4 is 43.3 Å². The average molecular weight is 837 g/mol.